The third-order valence-corrected chi connectivity index (χ3v) is 6.10. The van der Waals surface area contributed by atoms with Crippen molar-refractivity contribution in [3.8, 4) is 5.75 Å². The Labute approximate surface area is 187 Å². The lowest BCUT2D eigenvalue weighted by Gasteiger charge is -2.25. The summed E-state index contributed by atoms with van der Waals surface area (Å²) in [6.07, 6.45) is 2.15. The summed E-state index contributed by atoms with van der Waals surface area (Å²) in [5.74, 6) is 0.749. The van der Waals surface area contributed by atoms with Gasteiger partial charge in [0.15, 0.2) is 5.82 Å². The van der Waals surface area contributed by atoms with Crippen LogP contribution in [0.15, 0.2) is 66.9 Å². The molecule has 4 rings (SSSR count). The highest BCUT2D eigenvalue weighted by Gasteiger charge is 2.42. The van der Waals surface area contributed by atoms with E-state index >= 15 is 0 Å². The van der Waals surface area contributed by atoms with E-state index in [9.17, 15) is 14.6 Å². The van der Waals surface area contributed by atoms with Crippen molar-refractivity contribution in [1.82, 2.24) is 15.3 Å². The Morgan fingerprint density at radius 2 is 1.81 bits per heavy atom. The first-order chi connectivity index (χ1) is 15.6. The van der Waals surface area contributed by atoms with E-state index in [4.69, 9.17) is 4.74 Å². The van der Waals surface area contributed by atoms with Crippen LogP contribution >= 0.6 is 0 Å². The molecular formula is C25H28FN3O3. The first-order valence-electron chi connectivity index (χ1n) is 10.9. The highest BCUT2D eigenvalue weighted by molar-refractivity contribution is 5.21. The van der Waals surface area contributed by atoms with E-state index < -0.39 is 6.10 Å². The van der Waals surface area contributed by atoms with Crippen LogP contribution in [0.4, 0.5) is 4.39 Å². The maximum atomic E-state index is 14.0. The smallest absolute Gasteiger partial charge is 0.166 e. The van der Waals surface area contributed by atoms with Gasteiger partial charge in [0.05, 0.1) is 6.10 Å². The topological polar surface area (TPSA) is 87.5 Å². The molecule has 0 spiro atoms. The zero-order valence-corrected chi connectivity index (χ0v) is 17.8. The highest BCUT2D eigenvalue weighted by Crippen LogP contribution is 2.35. The van der Waals surface area contributed by atoms with Crippen LogP contribution in [0.25, 0.3) is 0 Å². The van der Waals surface area contributed by atoms with E-state index in [1.54, 1.807) is 24.4 Å². The molecular weight excluding hydrogens is 409 g/mol. The number of rotatable bonds is 9. The van der Waals surface area contributed by atoms with Crippen molar-refractivity contribution in [2.45, 2.75) is 38.1 Å². The zero-order chi connectivity index (χ0) is 22.3. The minimum absolute atomic E-state index is 0.0421. The normalized spacial score (nSPS) is 22.7. The van der Waals surface area contributed by atoms with Crippen molar-refractivity contribution in [1.29, 1.82) is 0 Å². The van der Waals surface area contributed by atoms with Crippen molar-refractivity contribution >= 4 is 0 Å². The maximum absolute atomic E-state index is 14.0. The van der Waals surface area contributed by atoms with Gasteiger partial charge in [-0.3, -0.25) is 0 Å². The van der Waals surface area contributed by atoms with E-state index in [2.05, 4.69) is 15.3 Å². The molecule has 0 saturated heterocycles. The fourth-order valence-corrected chi connectivity index (χ4v) is 4.39. The molecule has 0 aliphatic heterocycles. The third-order valence-electron chi connectivity index (χ3n) is 6.10. The van der Waals surface area contributed by atoms with Crippen molar-refractivity contribution in [2.24, 2.45) is 11.8 Å². The largest absolute Gasteiger partial charge is 0.486 e. The number of nitrogens with zero attached hydrogens (tertiary/aromatic N) is 2. The van der Waals surface area contributed by atoms with Crippen molar-refractivity contribution in [2.75, 3.05) is 6.61 Å². The first kappa shape index (κ1) is 22.3. The molecule has 32 heavy (non-hydrogen) atoms. The summed E-state index contributed by atoms with van der Waals surface area (Å²) in [7, 11) is 0. The van der Waals surface area contributed by atoms with Crippen LogP contribution in [0.2, 0.25) is 0 Å². The Morgan fingerprint density at radius 3 is 2.59 bits per heavy atom. The van der Waals surface area contributed by atoms with Crippen LogP contribution in [0.3, 0.4) is 0 Å². The second kappa shape index (κ2) is 10.6. The molecule has 1 aliphatic carbocycles. The highest BCUT2D eigenvalue weighted by atomic mass is 19.1. The summed E-state index contributed by atoms with van der Waals surface area (Å²) in [5.41, 5.74) is 1.40. The van der Waals surface area contributed by atoms with Gasteiger partial charge in [0.2, 0.25) is 0 Å². The average Bonchev–Trinajstić information content (AvgIpc) is 3.12. The molecule has 1 aromatic heterocycles. The lowest BCUT2D eigenvalue weighted by molar-refractivity contribution is 0.0715. The van der Waals surface area contributed by atoms with Crippen LogP contribution in [0, 0.1) is 17.7 Å². The predicted octanol–water partition coefficient (Wildman–Crippen LogP) is 2.88. The molecule has 0 amide bonds. The number of benzene rings is 2. The Hall–Kier alpha value is -2.87. The SMILES string of the molecule is OCC1C(O)CC(NCc2ccccc2F)C1Cc1ccnc(COc2ccccc2)n1. The monoisotopic (exact) mass is 437 g/mol. The standard InChI is InChI=1S/C25H28FN3O3/c26-22-9-5-4-6-17(22)14-28-23-13-24(31)21(15-30)20(23)12-18-10-11-27-25(29-18)16-32-19-7-2-1-3-8-19/h1-11,20-21,23-24,28,30-31H,12-16H2. The summed E-state index contributed by atoms with van der Waals surface area (Å²) in [6.45, 7) is 0.501. The van der Waals surface area contributed by atoms with E-state index in [0.717, 1.165) is 11.4 Å². The molecule has 1 saturated carbocycles. The van der Waals surface area contributed by atoms with E-state index in [1.807, 2.05) is 36.4 Å². The Bertz CT molecular complexity index is 1000. The summed E-state index contributed by atoms with van der Waals surface area (Å²) >= 11 is 0. The molecule has 6 nitrogen and oxygen atoms in total. The van der Waals surface area contributed by atoms with Gasteiger partial charge in [0, 0.05) is 42.6 Å². The predicted molar refractivity (Wildman–Crippen MR) is 118 cm³/mol. The van der Waals surface area contributed by atoms with Crippen LogP contribution in [0.5, 0.6) is 5.75 Å². The number of aliphatic hydroxyl groups excluding tert-OH is 2. The summed E-state index contributed by atoms with van der Waals surface area (Å²) in [5, 5.41) is 23.8. The molecule has 168 valence electrons. The lowest BCUT2D eigenvalue weighted by atomic mass is 9.88. The number of aliphatic hydroxyl groups is 2. The minimum Gasteiger partial charge on any atom is -0.486 e. The van der Waals surface area contributed by atoms with Gasteiger partial charge in [-0.2, -0.15) is 0 Å². The molecule has 7 heteroatoms. The van der Waals surface area contributed by atoms with E-state index in [0.29, 0.717) is 30.8 Å². The van der Waals surface area contributed by atoms with Gasteiger partial charge in [0.1, 0.15) is 18.2 Å². The lowest BCUT2D eigenvalue weighted by Crippen LogP contribution is -2.36. The minimum atomic E-state index is -0.620. The van der Waals surface area contributed by atoms with Crippen molar-refractivity contribution < 1.29 is 19.3 Å². The quantitative estimate of drug-likeness (QED) is 0.477. The fraction of sp³-hybridized carbons (Fsp3) is 0.360. The number of para-hydroxylation sites is 1. The number of nitrogens with one attached hydrogen (secondary N) is 1. The van der Waals surface area contributed by atoms with Crippen LogP contribution < -0.4 is 10.1 Å². The zero-order valence-electron chi connectivity index (χ0n) is 17.8. The van der Waals surface area contributed by atoms with E-state index in [-0.39, 0.29) is 36.9 Å². The molecule has 0 bridgehead atoms. The number of hydrogen-bond acceptors (Lipinski definition) is 6. The van der Waals surface area contributed by atoms with Gasteiger partial charge >= 0.3 is 0 Å². The average molecular weight is 438 g/mol. The fourth-order valence-electron chi connectivity index (χ4n) is 4.39. The van der Waals surface area contributed by atoms with Gasteiger partial charge in [-0.05, 0) is 43.0 Å². The molecule has 4 atom stereocenters. The van der Waals surface area contributed by atoms with E-state index in [1.165, 1.54) is 6.07 Å². The number of aromatic nitrogens is 2. The Morgan fingerprint density at radius 1 is 1.03 bits per heavy atom. The molecule has 0 radical (unpaired) electrons. The van der Waals surface area contributed by atoms with Crippen LogP contribution in [-0.2, 0) is 19.6 Å². The molecule has 2 aromatic carbocycles. The number of ether oxygens (including phenoxy) is 1. The molecule has 1 aliphatic rings. The second-order valence-electron chi connectivity index (χ2n) is 8.16. The number of hydrogen-bond donors (Lipinski definition) is 3. The third kappa shape index (κ3) is 5.48. The molecule has 1 heterocycles. The van der Waals surface area contributed by atoms with Gasteiger partial charge in [-0.25, -0.2) is 14.4 Å². The molecule has 3 aromatic rings. The summed E-state index contributed by atoms with van der Waals surface area (Å²) < 4.78 is 19.8. The first-order valence-corrected chi connectivity index (χ1v) is 10.9. The van der Waals surface area contributed by atoms with Crippen LogP contribution in [-0.4, -0.2) is 38.9 Å². The number of halogens is 1. The van der Waals surface area contributed by atoms with Crippen molar-refractivity contribution in [3.05, 3.63) is 89.8 Å². The van der Waals surface area contributed by atoms with Crippen LogP contribution in [0.1, 0.15) is 23.5 Å². The van der Waals surface area contributed by atoms with Gasteiger partial charge in [0.25, 0.3) is 0 Å². The van der Waals surface area contributed by atoms with Crippen molar-refractivity contribution in [3.63, 3.8) is 0 Å². The van der Waals surface area contributed by atoms with Gasteiger partial charge < -0.3 is 20.3 Å². The Kier molecular flexibility index (Phi) is 7.42. The summed E-state index contributed by atoms with van der Waals surface area (Å²) in [4.78, 5) is 8.92. The molecule has 4 unspecified atom stereocenters. The second-order valence-corrected chi connectivity index (χ2v) is 8.16. The summed E-state index contributed by atoms with van der Waals surface area (Å²) in [6, 6.07) is 17.9. The molecule has 3 N–H and O–H groups in total. The van der Waals surface area contributed by atoms with Gasteiger partial charge in [-0.15, -0.1) is 0 Å². The maximum Gasteiger partial charge on any atom is 0.166 e. The van der Waals surface area contributed by atoms with Gasteiger partial charge in [-0.1, -0.05) is 36.4 Å². The molecule has 1 fully saturated rings. The Balaban J connectivity index is 1.43.